The van der Waals surface area contributed by atoms with Gasteiger partial charge in [0, 0.05) is 42.2 Å². The summed E-state index contributed by atoms with van der Waals surface area (Å²) in [4.78, 5) is 13.0. The molecule has 0 spiro atoms. The molecule has 0 fully saturated rings. The van der Waals surface area contributed by atoms with Gasteiger partial charge in [-0.3, -0.25) is 14.5 Å². The van der Waals surface area contributed by atoms with Crippen molar-refractivity contribution < 1.29 is 0 Å². The Kier molecular flexibility index (Phi) is 1.85. The zero-order chi connectivity index (χ0) is 11.9. The molecular weight excluding hydrogens is 224 g/mol. The first-order valence-corrected chi connectivity index (χ1v) is 5.85. The Balaban J connectivity index is 2.08. The molecule has 3 aromatic rings. The second-order valence-corrected chi connectivity index (χ2v) is 4.28. The standard InChI is InChI=1S/C14H10N4/c1-2-11-12(3-1)17-8-10-4-7-18(14(10)11)13-9-15-5-6-16-13/h1-2,4-9H,3H2. The molecule has 18 heavy (non-hydrogen) atoms. The van der Waals surface area contributed by atoms with Crippen molar-refractivity contribution in [1.29, 1.82) is 0 Å². The van der Waals surface area contributed by atoms with Crippen LogP contribution in [0.2, 0.25) is 0 Å². The van der Waals surface area contributed by atoms with E-state index in [4.69, 9.17) is 0 Å². The number of rotatable bonds is 1. The van der Waals surface area contributed by atoms with Crippen LogP contribution in [0.15, 0.2) is 43.1 Å². The highest BCUT2D eigenvalue weighted by molar-refractivity contribution is 5.91. The summed E-state index contributed by atoms with van der Waals surface area (Å²) in [6, 6.07) is 2.06. The van der Waals surface area contributed by atoms with Crippen LogP contribution in [0.5, 0.6) is 0 Å². The first kappa shape index (κ1) is 9.53. The van der Waals surface area contributed by atoms with Gasteiger partial charge in [0.1, 0.15) is 0 Å². The molecule has 0 bridgehead atoms. The minimum absolute atomic E-state index is 0.834. The topological polar surface area (TPSA) is 43.6 Å². The SMILES string of the molecule is C1=Cc2c(ncc3ccn(-c4cnccn4)c23)C1. The van der Waals surface area contributed by atoms with E-state index in [9.17, 15) is 0 Å². The fourth-order valence-electron chi connectivity index (χ4n) is 2.42. The van der Waals surface area contributed by atoms with Gasteiger partial charge >= 0.3 is 0 Å². The lowest BCUT2D eigenvalue weighted by Crippen LogP contribution is -1.98. The van der Waals surface area contributed by atoms with Gasteiger partial charge in [-0.05, 0) is 6.07 Å². The van der Waals surface area contributed by atoms with Crippen LogP contribution in [0.25, 0.3) is 22.8 Å². The van der Waals surface area contributed by atoms with Gasteiger partial charge in [0.25, 0.3) is 0 Å². The summed E-state index contributed by atoms with van der Waals surface area (Å²) in [6.45, 7) is 0. The molecule has 0 aromatic carbocycles. The Morgan fingerprint density at radius 3 is 3.00 bits per heavy atom. The van der Waals surface area contributed by atoms with E-state index in [1.165, 1.54) is 5.56 Å². The van der Waals surface area contributed by atoms with Crippen molar-refractivity contribution in [3.8, 4) is 5.82 Å². The Labute approximate surface area is 104 Å². The highest BCUT2D eigenvalue weighted by Crippen LogP contribution is 2.28. The van der Waals surface area contributed by atoms with E-state index < -0.39 is 0 Å². The molecule has 0 saturated heterocycles. The minimum Gasteiger partial charge on any atom is -0.299 e. The van der Waals surface area contributed by atoms with E-state index >= 15 is 0 Å². The van der Waals surface area contributed by atoms with Crippen LogP contribution in [0.1, 0.15) is 11.3 Å². The minimum atomic E-state index is 0.834. The second kappa shape index (κ2) is 3.50. The van der Waals surface area contributed by atoms with Crippen LogP contribution in [-0.4, -0.2) is 19.5 Å². The van der Waals surface area contributed by atoms with Crippen LogP contribution in [-0.2, 0) is 6.42 Å². The third-order valence-corrected chi connectivity index (χ3v) is 3.24. The van der Waals surface area contributed by atoms with E-state index in [0.717, 1.165) is 28.8 Å². The van der Waals surface area contributed by atoms with Crippen molar-refractivity contribution in [2.24, 2.45) is 0 Å². The summed E-state index contributed by atoms with van der Waals surface area (Å²) in [5.41, 5.74) is 3.49. The highest BCUT2D eigenvalue weighted by Gasteiger charge is 2.14. The van der Waals surface area contributed by atoms with Gasteiger partial charge in [0.2, 0.25) is 0 Å². The molecule has 0 saturated carbocycles. The van der Waals surface area contributed by atoms with Gasteiger partial charge in [-0.2, -0.15) is 0 Å². The molecular formula is C14H10N4. The number of fused-ring (bicyclic) bond motifs is 3. The summed E-state index contributed by atoms with van der Waals surface area (Å²) in [5.74, 6) is 0.834. The zero-order valence-electron chi connectivity index (χ0n) is 9.61. The summed E-state index contributed by atoms with van der Waals surface area (Å²) in [6.07, 6.45) is 14.3. The van der Waals surface area contributed by atoms with Crippen LogP contribution in [0, 0.1) is 0 Å². The number of nitrogens with zero attached hydrogens (tertiary/aromatic N) is 4. The zero-order valence-corrected chi connectivity index (χ0v) is 9.61. The van der Waals surface area contributed by atoms with Crippen molar-refractivity contribution in [3.63, 3.8) is 0 Å². The number of hydrogen-bond donors (Lipinski definition) is 0. The van der Waals surface area contributed by atoms with Gasteiger partial charge < -0.3 is 0 Å². The van der Waals surface area contributed by atoms with Crippen molar-refractivity contribution in [2.45, 2.75) is 6.42 Å². The molecule has 0 atom stereocenters. The maximum atomic E-state index is 4.48. The third-order valence-electron chi connectivity index (χ3n) is 3.24. The van der Waals surface area contributed by atoms with E-state index in [1.54, 1.807) is 18.6 Å². The van der Waals surface area contributed by atoms with E-state index in [-0.39, 0.29) is 0 Å². The Bertz CT molecular complexity index is 756. The van der Waals surface area contributed by atoms with Crippen LogP contribution >= 0.6 is 0 Å². The summed E-state index contributed by atoms with van der Waals surface area (Å²) < 4.78 is 2.07. The molecule has 0 aliphatic heterocycles. The lowest BCUT2D eigenvalue weighted by molar-refractivity contribution is 1.01. The average molecular weight is 234 g/mol. The summed E-state index contributed by atoms with van der Waals surface area (Å²) in [7, 11) is 0. The molecule has 4 heteroatoms. The number of pyridine rings is 1. The van der Waals surface area contributed by atoms with Crippen LogP contribution in [0.3, 0.4) is 0 Å². The largest absolute Gasteiger partial charge is 0.299 e. The monoisotopic (exact) mass is 234 g/mol. The maximum absolute atomic E-state index is 4.48. The first-order valence-electron chi connectivity index (χ1n) is 5.85. The lowest BCUT2D eigenvalue weighted by Gasteiger charge is -2.06. The highest BCUT2D eigenvalue weighted by atomic mass is 15.1. The third kappa shape index (κ3) is 1.23. The Morgan fingerprint density at radius 1 is 1.11 bits per heavy atom. The molecule has 3 heterocycles. The van der Waals surface area contributed by atoms with Crippen molar-refractivity contribution >= 4 is 17.0 Å². The molecule has 0 radical (unpaired) electrons. The number of aromatic nitrogens is 4. The Hall–Kier alpha value is -2.49. The quantitative estimate of drug-likeness (QED) is 0.649. The van der Waals surface area contributed by atoms with Crippen molar-refractivity contribution in [1.82, 2.24) is 19.5 Å². The van der Waals surface area contributed by atoms with Gasteiger partial charge in [-0.1, -0.05) is 12.2 Å². The lowest BCUT2D eigenvalue weighted by atomic mass is 10.2. The average Bonchev–Trinajstić information content (AvgIpc) is 3.05. The fraction of sp³-hybridized carbons (Fsp3) is 0.0714. The molecule has 86 valence electrons. The Morgan fingerprint density at radius 2 is 2.11 bits per heavy atom. The molecule has 3 aromatic heterocycles. The van der Waals surface area contributed by atoms with Gasteiger partial charge in [-0.25, -0.2) is 4.98 Å². The second-order valence-electron chi connectivity index (χ2n) is 4.28. The van der Waals surface area contributed by atoms with E-state index in [2.05, 4.69) is 37.7 Å². The predicted octanol–water partition coefficient (Wildman–Crippen LogP) is 2.38. The molecule has 0 N–H and O–H groups in total. The molecule has 4 nitrogen and oxygen atoms in total. The van der Waals surface area contributed by atoms with Gasteiger partial charge in [-0.15, -0.1) is 0 Å². The maximum Gasteiger partial charge on any atom is 0.155 e. The molecule has 0 amide bonds. The fourth-order valence-corrected chi connectivity index (χ4v) is 2.42. The predicted molar refractivity (Wildman–Crippen MR) is 69.4 cm³/mol. The molecule has 0 unspecified atom stereocenters. The number of allylic oxidation sites excluding steroid dienone is 1. The van der Waals surface area contributed by atoms with Crippen molar-refractivity contribution in [2.75, 3.05) is 0 Å². The van der Waals surface area contributed by atoms with Crippen molar-refractivity contribution in [3.05, 3.63) is 54.4 Å². The van der Waals surface area contributed by atoms with Gasteiger partial charge in [0.05, 0.1) is 17.4 Å². The van der Waals surface area contributed by atoms with E-state index in [1.807, 2.05) is 12.4 Å². The summed E-state index contributed by atoms with van der Waals surface area (Å²) >= 11 is 0. The normalized spacial score (nSPS) is 13.1. The smallest absolute Gasteiger partial charge is 0.155 e. The molecule has 1 aliphatic rings. The van der Waals surface area contributed by atoms with Gasteiger partial charge in [0.15, 0.2) is 5.82 Å². The molecule has 4 rings (SSSR count). The molecule has 1 aliphatic carbocycles. The number of hydrogen-bond acceptors (Lipinski definition) is 3. The first-order chi connectivity index (χ1) is 8.93. The van der Waals surface area contributed by atoms with E-state index in [0.29, 0.717) is 0 Å². The van der Waals surface area contributed by atoms with Crippen LogP contribution < -0.4 is 0 Å². The summed E-state index contributed by atoms with van der Waals surface area (Å²) in [5, 5.41) is 1.13. The van der Waals surface area contributed by atoms with Crippen LogP contribution in [0.4, 0.5) is 0 Å².